The van der Waals surface area contributed by atoms with E-state index in [9.17, 15) is 24.2 Å². The first kappa shape index (κ1) is 17.7. The number of carboxylic acids is 1. The number of halogens is 1. The number of hydrogen-bond acceptors (Lipinski definition) is 4. The summed E-state index contributed by atoms with van der Waals surface area (Å²) in [6.07, 6.45) is 0. The highest BCUT2D eigenvalue weighted by atomic mass is 19.1. The second kappa shape index (κ2) is 7.03. The van der Waals surface area contributed by atoms with Crippen molar-refractivity contribution in [2.45, 2.75) is 5.92 Å². The van der Waals surface area contributed by atoms with Gasteiger partial charge in [-0.3, -0.25) is 9.59 Å². The third-order valence-electron chi connectivity index (χ3n) is 4.64. The van der Waals surface area contributed by atoms with Crippen LogP contribution in [0.3, 0.4) is 0 Å². The average Bonchev–Trinajstić information content (AvgIpc) is 3.07. The number of carbonyl (C=O) groups is 2. The number of rotatable bonds is 4. The smallest absolute Gasteiger partial charge is 0.308 e. The molecule has 6 nitrogen and oxygen atoms in total. The minimum Gasteiger partial charge on any atom is -0.507 e. The van der Waals surface area contributed by atoms with Gasteiger partial charge in [0.15, 0.2) is 0 Å². The van der Waals surface area contributed by atoms with Crippen molar-refractivity contribution in [3.8, 4) is 11.5 Å². The Balaban J connectivity index is 1.88. The molecule has 0 radical (unpaired) electrons. The van der Waals surface area contributed by atoms with E-state index in [0.29, 0.717) is 11.3 Å². The summed E-state index contributed by atoms with van der Waals surface area (Å²) in [5, 5.41) is 19.6. The molecule has 0 bridgehead atoms. The molecule has 1 saturated heterocycles. The molecule has 2 N–H and O–H groups in total. The molecule has 7 heteroatoms. The number of nitrogens with zero attached hydrogens (tertiary/aromatic N) is 1. The lowest BCUT2D eigenvalue weighted by molar-refractivity contribution is -0.141. The molecule has 26 heavy (non-hydrogen) atoms. The first-order valence-corrected chi connectivity index (χ1v) is 8.05. The number of ether oxygens (including phenoxy) is 1. The van der Waals surface area contributed by atoms with Crippen LogP contribution in [0, 0.1) is 11.7 Å². The number of carbonyl (C=O) groups excluding carboxylic acids is 1. The van der Waals surface area contributed by atoms with E-state index in [2.05, 4.69) is 0 Å². The van der Waals surface area contributed by atoms with Crippen molar-refractivity contribution in [3.63, 3.8) is 0 Å². The third-order valence-corrected chi connectivity index (χ3v) is 4.64. The van der Waals surface area contributed by atoms with Crippen molar-refractivity contribution in [3.05, 3.63) is 59.4 Å². The summed E-state index contributed by atoms with van der Waals surface area (Å²) in [6.45, 7) is 0.117. The summed E-state index contributed by atoms with van der Waals surface area (Å²) in [4.78, 5) is 25.7. The first-order chi connectivity index (χ1) is 12.4. The molecule has 0 spiro atoms. The summed E-state index contributed by atoms with van der Waals surface area (Å²) in [5.74, 6) is -3.18. The van der Waals surface area contributed by atoms with Gasteiger partial charge in [0.1, 0.15) is 17.3 Å². The van der Waals surface area contributed by atoms with Gasteiger partial charge in [0, 0.05) is 25.1 Å². The number of phenols is 1. The lowest BCUT2D eigenvalue weighted by Gasteiger charge is -2.17. The fourth-order valence-corrected chi connectivity index (χ4v) is 3.28. The van der Waals surface area contributed by atoms with Crippen LogP contribution in [-0.4, -0.2) is 47.2 Å². The Morgan fingerprint density at radius 1 is 1.19 bits per heavy atom. The second-order valence-corrected chi connectivity index (χ2v) is 6.20. The molecule has 0 unspecified atom stereocenters. The molecule has 2 atom stereocenters. The maximum Gasteiger partial charge on any atom is 0.308 e. The van der Waals surface area contributed by atoms with E-state index in [0.717, 1.165) is 0 Å². The van der Waals surface area contributed by atoms with Gasteiger partial charge in [-0.25, -0.2) is 4.39 Å². The molecule has 0 aromatic heterocycles. The number of aliphatic carboxylic acids is 1. The maximum absolute atomic E-state index is 13.5. The number of likely N-dealkylation sites (tertiary alicyclic amines) is 1. The van der Waals surface area contributed by atoms with Gasteiger partial charge in [-0.1, -0.05) is 12.1 Å². The fourth-order valence-electron chi connectivity index (χ4n) is 3.28. The second-order valence-electron chi connectivity index (χ2n) is 6.20. The zero-order valence-corrected chi connectivity index (χ0v) is 14.1. The van der Waals surface area contributed by atoms with E-state index < -0.39 is 29.5 Å². The SMILES string of the molecule is COc1ccc(C(=O)N2C[C@H](C(=O)O)[C@@H](c3cccc(F)c3)C2)c(O)c1. The van der Waals surface area contributed by atoms with Gasteiger partial charge < -0.3 is 19.8 Å². The quantitative estimate of drug-likeness (QED) is 0.876. The standard InChI is InChI=1S/C19H18FNO5/c1-26-13-5-6-14(17(22)8-13)18(23)21-9-15(16(10-21)19(24)25)11-3-2-4-12(20)7-11/h2-8,15-16,22H,9-10H2,1H3,(H,24,25)/t15-,16+/m1/s1. The summed E-state index contributed by atoms with van der Waals surface area (Å²) < 4.78 is 18.5. The van der Waals surface area contributed by atoms with Crippen molar-refractivity contribution >= 4 is 11.9 Å². The van der Waals surface area contributed by atoms with Crippen LogP contribution in [0.15, 0.2) is 42.5 Å². The molecule has 1 fully saturated rings. The molecule has 136 valence electrons. The highest BCUT2D eigenvalue weighted by Gasteiger charge is 2.41. The number of phenolic OH excluding ortho intramolecular Hbond substituents is 1. The summed E-state index contributed by atoms with van der Waals surface area (Å²) in [5.41, 5.74) is 0.599. The van der Waals surface area contributed by atoms with Crippen LogP contribution in [0.5, 0.6) is 11.5 Å². The monoisotopic (exact) mass is 359 g/mol. The Morgan fingerprint density at radius 3 is 2.58 bits per heavy atom. The number of methoxy groups -OCH3 is 1. The van der Waals surface area contributed by atoms with Crippen molar-refractivity contribution in [2.75, 3.05) is 20.2 Å². The Hall–Kier alpha value is -3.09. The summed E-state index contributed by atoms with van der Waals surface area (Å²) in [6, 6.07) is 10.0. The van der Waals surface area contributed by atoms with Crippen LogP contribution >= 0.6 is 0 Å². The highest BCUT2D eigenvalue weighted by Crippen LogP contribution is 2.35. The van der Waals surface area contributed by atoms with E-state index in [4.69, 9.17) is 4.74 Å². The van der Waals surface area contributed by atoms with Crippen LogP contribution in [-0.2, 0) is 4.79 Å². The van der Waals surface area contributed by atoms with Gasteiger partial charge in [0.05, 0.1) is 18.6 Å². The molecule has 0 aliphatic carbocycles. The fraction of sp³-hybridized carbons (Fsp3) is 0.263. The number of carboxylic acid groups (broad SMARTS) is 1. The van der Waals surface area contributed by atoms with Crippen LogP contribution in [0.1, 0.15) is 21.8 Å². The normalized spacial score (nSPS) is 19.4. The Bertz CT molecular complexity index is 854. The van der Waals surface area contributed by atoms with Crippen molar-refractivity contribution < 1.29 is 28.9 Å². The minimum absolute atomic E-state index is 0.0131. The molecule has 1 aliphatic heterocycles. The van der Waals surface area contributed by atoms with Crippen molar-refractivity contribution in [1.82, 2.24) is 4.90 Å². The van der Waals surface area contributed by atoms with Gasteiger partial charge in [-0.15, -0.1) is 0 Å². The van der Waals surface area contributed by atoms with Crippen molar-refractivity contribution in [1.29, 1.82) is 0 Å². The molecular formula is C19H18FNO5. The zero-order chi connectivity index (χ0) is 18.8. The summed E-state index contributed by atoms with van der Waals surface area (Å²) in [7, 11) is 1.44. The van der Waals surface area contributed by atoms with Crippen LogP contribution < -0.4 is 4.74 Å². The first-order valence-electron chi connectivity index (χ1n) is 8.05. The van der Waals surface area contributed by atoms with Crippen LogP contribution in [0.2, 0.25) is 0 Å². The van der Waals surface area contributed by atoms with Gasteiger partial charge in [0.25, 0.3) is 5.91 Å². The predicted octanol–water partition coefficient (Wildman–Crippen LogP) is 2.48. The average molecular weight is 359 g/mol. The van der Waals surface area contributed by atoms with Gasteiger partial charge in [-0.05, 0) is 29.8 Å². The highest BCUT2D eigenvalue weighted by molar-refractivity contribution is 5.97. The lowest BCUT2D eigenvalue weighted by Crippen LogP contribution is -2.30. The lowest BCUT2D eigenvalue weighted by atomic mass is 9.89. The Morgan fingerprint density at radius 2 is 1.96 bits per heavy atom. The van der Waals surface area contributed by atoms with Gasteiger partial charge in [0.2, 0.25) is 0 Å². The molecule has 2 aromatic carbocycles. The maximum atomic E-state index is 13.5. The van der Waals surface area contributed by atoms with E-state index >= 15 is 0 Å². The van der Waals surface area contributed by atoms with Gasteiger partial charge in [-0.2, -0.15) is 0 Å². The predicted molar refractivity (Wildman–Crippen MR) is 90.8 cm³/mol. The molecule has 3 rings (SSSR count). The van der Waals surface area contributed by atoms with Crippen LogP contribution in [0.25, 0.3) is 0 Å². The molecule has 0 saturated carbocycles. The molecular weight excluding hydrogens is 341 g/mol. The van der Waals surface area contributed by atoms with E-state index in [1.165, 1.54) is 42.3 Å². The number of hydrogen-bond donors (Lipinski definition) is 2. The molecule has 1 aliphatic rings. The summed E-state index contributed by atoms with van der Waals surface area (Å²) >= 11 is 0. The third kappa shape index (κ3) is 3.33. The minimum atomic E-state index is -1.05. The van der Waals surface area contributed by atoms with E-state index in [1.54, 1.807) is 12.1 Å². The van der Waals surface area contributed by atoms with Crippen LogP contribution in [0.4, 0.5) is 4.39 Å². The van der Waals surface area contributed by atoms with Crippen molar-refractivity contribution in [2.24, 2.45) is 5.92 Å². The molecule has 2 aromatic rings. The molecule has 1 amide bonds. The van der Waals surface area contributed by atoms with Gasteiger partial charge >= 0.3 is 5.97 Å². The Kier molecular flexibility index (Phi) is 4.79. The topological polar surface area (TPSA) is 87.1 Å². The number of benzene rings is 2. The zero-order valence-electron chi connectivity index (χ0n) is 14.1. The number of aromatic hydroxyl groups is 1. The largest absolute Gasteiger partial charge is 0.507 e. The number of amides is 1. The van der Waals surface area contributed by atoms with E-state index in [-0.39, 0.29) is 24.4 Å². The Labute approximate surface area is 149 Å². The molecule has 1 heterocycles. The van der Waals surface area contributed by atoms with E-state index in [1.807, 2.05) is 0 Å².